The minimum atomic E-state index is -0.557. The molecule has 21 heavy (non-hydrogen) atoms. The van der Waals surface area contributed by atoms with Gasteiger partial charge in [-0.25, -0.2) is 0 Å². The minimum Gasteiger partial charge on any atom is -0.399 e. The molecule has 1 heterocycles. The number of aromatic nitrogens is 1. The molecule has 0 spiro atoms. The second-order valence-electron chi connectivity index (χ2n) is 4.60. The lowest BCUT2D eigenvalue weighted by Gasteiger charge is -2.26. The summed E-state index contributed by atoms with van der Waals surface area (Å²) in [5, 5.41) is 0.404. The Kier molecular flexibility index (Phi) is 4.65. The number of hydrogen-bond acceptors (Lipinski definition) is 4. The molecule has 0 bridgehead atoms. The zero-order valence-corrected chi connectivity index (χ0v) is 12.5. The molecule has 0 aliphatic rings. The van der Waals surface area contributed by atoms with E-state index in [-0.39, 0.29) is 0 Å². The van der Waals surface area contributed by atoms with Gasteiger partial charge < -0.3 is 16.4 Å². The smallest absolute Gasteiger partial charge is 0.250 e. The van der Waals surface area contributed by atoms with Crippen LogP contribution in [0.4, 0.5) is 11.4 Å². The van der Waals surface area contributed by atoms with Crippen molar-refractivity contribution in [3.63, 3.8) is 0 Å². The Morgan fingerprint density at radius 2 is 2.14 bits per heavy atom. The van der Waals surface area contributed by atoms with Gasteiger partial charge in [-0.2, -0.15) is 0 Å². The molecule has 2 aromatic rings. The molecular weight excluding hydrogens is 288 g/mol. The lowest BCUT2D eigenvalue weighted by atomic mass is 10.1. The Morgan fingerprint density at radius 3 is 2.71 bits per heavy atom. The zero-order chi connectivity index (χ0) is 15.4. The van der Waals surface area contributed by atoms with Crippen LogP contribution in [0.25, 0.3) is 0 Å². The molecule has 6 heteroatoms. The average molecular weight is 305 g/mol. The highest BCUT2D eigenvalue weighted by Gasteiger charge is 2.19. The summed E-state index contributed by atoms with van der Waals surface area (Å²) in [5.74, 6) is -0.557. The van der Waals surface area contributed by atoms with Crippen LogP contribution in [0.2, 0.25) is 5.02 Å². The van der Waals surface area contributed by atoms with Crippen molar-refractivity contribution in [3.8, 4) is 0 Å². The summed E-state index contributed by atoms with van der Waals surface area (Å²) < 4.78 is 0. The number of amides is 1. The molecule has 4 N–H and O–H groups in total. The SMILES string of the molecule is CCN(Cc1ccccn1)c1c(Cl)cc(N)cc1C(N)=O. The van der Waals surface area contributed by atoms with Gasteiger partial charge in [-0.05, 0) is 31.2 Å². The van der Waals surface area contributed by atoms with E-state index in [1.54, 1.807) is 18.3 Å². The second kappa shape index (κ2) is 6.45. The van der Waals surface area contributed by atoms with E-state index in [1.165, 1.54) is 0 Å². The van der Waals surface area contributed by atoms with Crippen molar-refractivity contribution in [2.24, 2.45) is 5.73 Å². The average Bonchev–Trinajstić information content (AvgIpc) is 2.45. The first-order valence-corrected chi connectivity index (χ1v) is 6.94. The molecule has 0 atom stereocenters. The summed E-state index contributed by atoms with van der Waals surface area (Å²) in [6.07, 6.45) is 1.72. The molecule has 0 unspecified atom stereocenters. The predicted octanol–water partition coefficient (Wildman–Crippen LogP) is 2.44. The van der Waals surface area contributed by atoms with Crippen molar-refractivity contribution in [2.75, 3.05) is 17.2 Å². The van der Waals surface area contributed by atoms with Gasteiger partial charge in [0.1, 0.15) is 0 Å². The minimum absolute atomic E-state index is 0.317. The molecule has 2 rings (SSSR count). The molecule has 0 aliphatic carbocycles. The second-order valence-corrected chi connectivity index (χ2v) is 5.01. The standard InChI is InChI=1S/C15H17ClN4O/c1-2-20(9-11-5-3-4-6-19-11)14-12(15(18)21)7-10(17)8-13(14)16/h3-8H,2,9,17H2,1H3,(H2,18,21). The quantitative estimate of drug-likeness (QED) is 0.831. The maximum atomic E-state index is 11.7. The lowest BCUT2D eigenvalue weighted by Crippen LogP contribution is -2.26. The number of hydrogen-bond donors (Lipinski definition) is 2. The Labute approximate surface area is 128 Å². The van der Waals surface area contributed by atoms with Gasteiger partial charge in [0, 0.05) is 18.4 Å². The Balaban J connectivity index is 2.44. The number of anilines is 2. The van der Waals surface area contributed by atoms with E-state index in [1.807, 2.05) is 30.0 Å². The number of nitrogens with zero attached hydrogens (tertiary/aromatic N) is 2. The third-order valence-corrected chi connectivity index (χ3v) is 3.42. The summed E-state index contributed by atoms with van der Waals surface area (Å²) in [7, 11) is 0. The molecule has 1 amide bonds. The number of carbonyl (C=O) groups excluding carboxylic acids is 1. The van der Waals surface area contributed by atoms with Gasteiger partial charge in [-0.1, -0.05) is 17.7 Å². The maximum Gasteiger partial charge on any atom is 0.250 e. The van der Waals surface area contributed by atoms with Crippen LogP contribution in [0.5, 0.6) is 0 Å². The van der Waals surface area contributed by atoms with E-state index in [0.29, 0.717) is 35.1 Å². The van der Waals surface area contributed by atoms with Gasteiger partial charge in [-0.15, -0.1) is 0 Å². The summed E-state index contributed by atoms with van der Waals surface area (Å²) in [6.45, 7) is 3.15. The molecular formula is C15H17ClN4O. The van der Waals surface area contributed by atoms with Crippen LogP contribution in [0.3, 0.4) is 0 Å². The van der Waals surface area contributed by atoms with E-state index in [4.69, 9.17) is 23.1 Å². The molecule has 1 aromatic heterocycles. The molecule has 0 saturated carbocycles. The number of pyridine rings is 1. The largest absolute Gasteiger partial charge is 0.399 e. The number of nitrogens with two attached hydrogens (primary N) is 2. The Bertz CT molecular complexity index is 646. The van der Waals surface area contributed by atoms with Crippen molar-refractivity contribution in [2.45, 2.75) is 13.5 Å². The Morgan fingerprint density at radius 1 is 1.38 bits per heavy atom. The fourth-order valence-electron chi connectivity index (χ4n) is 2.17. The van der Waals surface area contributed by atoms with Gasteiger partial charge in [0.05, 0.1) is 28.5 Å². The molecule has 0 aliphatic heterocycles. The first kappa shape index (κ1) is 15.1. The fourth-order valence-corrected chi connectivity index (χ4v) is 2.51. The number of primary amides is 1. The van der Waals surface area contributed by atoms with Crippen molar-refractivity contribution >= 4 is 28.9 Å². The summed E-state index contributed by atoms with van der Waals surface area (Å²) in [5.41, 5.74) is 13.4. The topological polar surface area (TPSA) is 85.2 Å². The van der Waals surface area contributed by atoms with Crippen molar-refractivity contribution < 1.29 is 4.79 Å². The molecule has 5 nitrogen and oxygen atoms in total. The van der Waals surface area contributed by atoms with E-state index in [9.17, 15) is 4.79 Å². The van der Waals surface area contributed by atoms with Crippen LogP contribution >= 0.6 is 11.6 Å². The molecule has 0 radical (unpaired) electrons. The number of rotatable bonds is 5. The van der Waals surface area contributed by atoms with Gasteiger partial charge >= 0.3 is 0 Å². The monoisotopic (exact) mass is 304 g/mol. The summed E-state index contributed by atoms with van der Waals surface area (Å²) in [4.78, 5) is 17.9. The fraction of sp³-hybridized carbons (Fsp3) is 0.200. The van der Waals surface area contributed by atoms with Crippen LogP contribution in [0.1, 0.15) is 23.0 Å². The van der Waals surface area contributed by atoms with Gasteiger partial charge in [0.15, 0.2) is 0 Å². The number of carbonyl (C=O) groups is 1. The number of nitrogen functional groups attached to an aromatic ring is 1. The molecule has 110 valence electrons. The molecule has 1 aromatic carbocycles. The van der Waals surface area contributed by atoms with Crippen LogP contribution < -0.4 is 16.4 Å². The van der Waals surface area contributed by atoms with Crippen LogP contribution in [0.15, 0.2) is 36.5 Å². The van der Waals surface area contributed by atoms with Crippen molar-refractivity contribution in [3.05, 3.63) is 52.8 Å². The van der Waals surface area contributed by atoms with Crippen molar-refractivity contribution in [1.29, 1.82) is 0 Å². The van der Waals surface area contributed by atoms with Gasteiger partial charge in [0.25, 0.3) is 5.91 Å². The van der Waals surface area contributed by atoms with Gasteiger partial charge in [-0.3, -0.25) is 9.78 Å². The molecule has 0 saturated heterocycles. The van der Waals surface area contributed by atoms with E-state index in [0.717, 1.165) is 5.69 Å². The highest BCUT2D eigenvalue weighted by atomic mass is 35.5. The highest BCUT2D eigenvalue weighted by Crippen LogP contribution is 2.33. The van der Waals surface area contributed by atoms with Crippen molar-refractivity contribution in [1.82, 2.24) is 4.98 Å². The third-order valence-electron chi connectivity index (χ3n) is 3.13. The summed E-state index contributed by atoms with van der Waals surface area (Å²) in [6, 6.07) is 8.84. The third kappa shape index (κ3) is 3.44. The number of halogens is 1. The van der Waals surface area contributed by atoms with Crippen LogP contribution in [-0.2, 0) is 6.54 Å². The van der Waals surface area contributed by atoms with E-state index < -0.39 is 5.91 Å². The van der Waals surface area contributed by atoms with E-state index in [2.05, 4.69) is 4.98 Å². The Hall–Kier alpha value is -2.27. The predicted molar refractivity (Wildman–Crippen MR) is 85.3 cm³/mol. The van der Waals surface area contributed by atoms with Crippen LogP contribution in [-0.4, -0.2) is 17.4 Å². The number of benzene rings is 1. The van der Waals surface area contributed by atoms with Gasteiger partial charge in [0.2, 0.25) is 0 Å². The molecule has 0 fully saturated rings. The summed E-state index contributed by atoms with van der Waals surface area (Å²) >= 11 is 6.27. The van der Waals surface area contributed by atoms with E-state index >= 15 is 0 Å². The van der Waals surface area contributed by atoms with Crippen LogP contribution in [0, 0.1) is 0 Å². The first-order valence-electron chi connectivity index (χ1n) is 6.56. The lowest BCUT2D eigenvalue weighted by molar-refractivity contribution is 0.100. The highest BCUT2D eigenvalue weighted by molar-refractivity contribution is 6.34. The zero-order valence-electron chi connectivity index (χ0n) is 11.7. The normalized spacial score (nSPS) is 10.4. The first-order chi connectivity index (χ1) is 10.0. The maximum absolute atomic E-state index is 11.7.